The molecule has 0 fully saturated rings. The predicted octanol–water partition coefficient (Wildman–Crippen LogP) is 4.27. The maximum Gasteiger partial charge on any atom is 0.334 e. The van der Waals surface area contributed by atoms with E-state index in [2.05, 4.69) is 20.8 Å². The monoisotopic (exact) mass is 609 g/mol. The standard InChI is InChI=1S/C32H43N3O7Si/c1-21(42-43(7,8)32(4,5)6)28-30(39)35(27(20-33(28)22(2)36)25-17-13-10-14-18-25)34(23(3)37)26(29(38)31(40)41)19-24-15-11-9-12-16-24/h9-18,20-21,26,28-29,38H,19H2,1-8H3,(H,40,41)/t21?,26-,28?,29?/m0/s1. The highest BCUT2D eigenvalue weighted by Gasteiger charge is 2.49. The van der Waals surface area contributed by atoms with E-state index in [4.69, 9.17) is 4.43 Å². The summed E-state index contributed by atoms with van der Waals surface area (Å²) in [5, 5.41) is 22.8. The van der Waals surface area contributed by atoms with Gasteiger partial charge in [0.15, 0.2) is 14.4 Å². The van der Waals surface area contributed by atoms with Gasteiger partial charge in [-0.05, 0) is 37.0 Å². The van der Waals surface area contributed by atoms with Crippen molar-refractivity contribution in [3.05, 3.63) is 78.0 Å². The SMILES string of the molecule is CC(=O)N1C=C(c2ccccc2)N(N(C(C)=O)[C@@H](Cc2ccccc2)C(O)C(=O)O)C(=O)C1C(C)O[Si](C)(C)C(C)(C)C. The molecule has 0 aromatic heterocycles. The molecule has 232 valence electrons. The number of carbonyl (C=O) groups excluding carboxylic acids is 3. The Labute approximate surface area is 254 Å². The number of carboxylic acids is 1. The second kappa shape index (κ2) is 13.2. The molecule has 11 heteroatoms. The van der Waals surface area contributed by atoms with Crippen LogP contribution in [0.5, 0.6) is 0 Å². The normalized spacial score (nSPS) is 18.0. The first-order valence-electron chi connectivity index (χ1n) is 14.3. The number of aliphatic hydroxyl groups excluding tert-OH is 1. The number of nitrogens with zero attached hydrogens (tertiary/aromatic N) is 3. The number of carbonyl (C=O) groups is 4. The summed E-state index contributed by atoms with van der Waals surface area (Å²) in [5.74, 6) is -3.27. The molecule has 43 heavy (non-hydrogen) atoms. The fourth-order valence-electron chi connectivity index (χ4n) is 4.95. The minimum atomic E-state index is -2.43. The van der Waals surface area contributed by atoms with E-state index in [1.165, 1.54) is 24.9 Å². The van der Waals surface area contributed by atoms with Gasteiger partial charge in [0.1, 0.15) is 6.04 Å². The molecule has 10 nitrogen and oxygen atoms in total. The molecule has 2 N–H and O–H groups in total. The zero-order chi connectivity index (χ0) is 32.3. The van der Waals surface area contributed by atoms with Crippen LogP contribution in [0.1, 0.15) is 52.7 Å². The van der Waals surface area contributed by atoms with Gasteiger partial charge in [-0.1, -0.05) is 81.4 Å². The fraction of sp³-hybridized carbons (Fsp3) is 0.438. The smallest absolute Gasteiger partial charge is 0.334 e. The van der Waals surface area contributed by atoms with Gasteiger partial charge in [-0.2, -0.15) is 0 Å². The van der Waals surface area contributed by atoms with Crippen LogP contribution in [0.4, 0.5) is 0 Å². The maximum atomic E-state index is 14.7. The van der Waals surface area contributed by atoms with E-state index < -0.39 is 56.3 Å². The third-order valence-electron chi connectivity index (χ3n) is 8.17. The molecule has 0 radical (unpaired) electrons. The molecular weight excluding hydrogens is 566 g/mol. The number of rotatable bonds is 10. The number of benzene rings is 2. The fourth-order valence-corrected chi connectivity index (χ4v) is 6.36. The number of amides is 3. The van der Waals surface area contributed by atoms with Crippen molar-refractivity contribution in [1.82, 2.24) is 14.9 Å². The topological polar surface area (TPSA) is 128 Å². The number of hydrogen-bond donors (Lipinski definition) is 2. The van der Waals surface area contributed by atoms with Gasteiger partial charge < -0.3 is 19.5 Å². The zero-order valence-corrected chi connectivity index (χ0v) is 27.1. The van der Waals surface area contributed by atoms with Crippen molar-refractivity contribution < 1.29 is 33.8 Å². The van der Waals surface area contributed by atoms with E-state index in [1.807, 2.05) is 13.1 Å². The third kappa shape index (κ3) is 7.41. The molecule has 0 saturated heterocycles. The van der Waals surface area contributed by atoms with Gasteiger partial charge in [0, 0.05) is 25.6 Å². The van der Waals surface area contributed by atoms with Gasteiger partial charge in [-0.25, -0.2) is 14.8 Å². The van der Waals surface area contributed by atoms with Crippen LogP contribution in [0.15, 0.2) is 66.9 Å². The minimum absolute atomic E-state index is 0.0587. The lowest BCUT2D eigenvalue weighted by molar-refractivity contribution is -0.176. The molecule has 0 aliphatic carbocycles. The Morgan fingerprint density at radius 3 is 2.00 bits per heavy atom. The molecule has 1 aliphatic heterocycles. The van der Waals surface area contributed by atoms with Gasteiger partial charge in [0.25, 0.3) is 5.91 Å². The summed E-state index contributed by atoms with van der Waals surface area (Å²) in [6.45, 7) is 14.6. The highest BCUT2D eigenvalue weighted by molar-refractivity contribution is 6.74. The Bertz CT molecular complexity index is 1360. The van der Waals surface area contributed by atoms with Gasteiger partial charge in [0.05, 0.1) is 17.8 Å². The highest BCUT2D eigenvalue weighted by Crippen LogP contribution is 2.39. The average molecular weight is 610 g/mol. The van der Waals surface area contributed by atoms with Crippen molar-refractivity contribution in [2.75, 3.05) is 0 Å². The Balaban J connectivity index is 2.26. The summed E-state index contributed by atoms with van der Waals surface area (Å²) >= 11 is 0. The summed E-state index contributed by atoms with van der Waals surface area (Å²) in [6, 6.07) is 15.0. The van der Waals surface area contributed by atoms with E-state index in [1.54, 1.807) is 67.6 Å². The molecule has 1 heterocycles. The van der Waals surface area contributed by atoms with Crippen molar-refractivity contribution >= 4 is 37.7 Å². The van der Waals surface area contributed by atoms with Crippen LogP contribution >= 0.6 is 0 Å². The van der Waals surface area contributed by atoms with Crippen LogP contribution in [-0.2, 0) is 30.0 Å². The molecule has 4 atom stereocenters. The van der Waals surface area contributed by atoms with Crippen molar-refractivity contribution in [1.29, 1.82) is 0 Å². The number of hydrazine groups is 1. The first kappa shape index (κ1) is 33.7. The van der Waals surface area contributed by atoms with Gasteiger partial charge in [-0.3, -0.25) is 14.4 Å². The molecule has 0 spiro atoms. The average Bonchev–Trinajstić information content (AvgIpc) is 2.92. The molecule has 0 bridgehead atoms. The van der Waals surface area contributed by atoms with Crippen molar-refractivity contribution in [2.45, 2.75) is 90.4 Å². The van der Waals surface area contributed by atoms with Gasteiger partial charge >= 0.3 is 5.97 Å². The lowest BCUT2D eigenvalue weighted by Crippen LogP contribution is -2.66. The first-order valence-corrected chi connectivity index (χ1v) is 17.2. The van der Waals surface area contributed by atoms with E-state index >= 15 is 0 Å². The highest BCUT2D eigenvalue weighted by atomic mass is 28.4. The quantitative estimate of drug-likeness (QED) is 0.385. The Morgan fingerprint density at radius 1 is 1.00 bits per heavy atom. The number of aliphatic hydroxyl groups is 1. The number of hydrogen-bond acceptors (Lipinski definition) is 6. The summed E-state index contributed by atoms with van der Waals surface area (Å²) in [4.78, 5) is 54.7. The molecule has 3 amide bonds. The van der Waals surface area contributed by atoms with Crippen LogP contribution in [0.25, 0.3) is 5.70 Å². The van der Waals surface area contributed by atoms with Crippen molar-refractivity contribution in [3.8, 4) is 0 Å². The molecule has 2 aromatic carbocycles. The molecule has 1 aliphatic rings. The van der Waals surface area contributed by atoms with E-state index in [9.17, 15) is 29.4 Å². The Hall–Kier alpha value is -3.80. The van der Waals surface area contributed by atoms with Crippen LogP contribution in [0.3, 0.4) is 0 Å². The van der Waals surface area contributed by atoms with Crippen LogP contribution < -0.4 is 0 Å². The zero-order valence-electron chi connectivity index (χ0n) is 26.1. The van der Waals surface area contributed by atoms with E-state index in [-0.39, 0.29) is 17.2 Å². The maximum absolute atomic E-state index is 14.7. The molecule has 0 saturated carbocycles. The molecular formula is C32H43N3O7Si. The first-order chi connectivity index (χ1) is 20.0. The van der Waals surface area contributed by atoms with Crippen LogP contribution in [-0.4, -0.2) is 81.4 Å². The lowest BCUT2D eigenvalue weighted by Gasteiger charge is -2.49. The number of carboxylic acid groups (broad SMARTS) is 1. The third-order valence-corrected chi connectivity index (χ3v) is 12.7. The molecule has 3 rings (SSSR count). The summed E-state index contributed by atoms with van der Waals surface area (Å²) < 4.78 is 6.59. The summed E-state index contributed by atoms with van der Waals surface area (Å²) in [7, 11) is -2.43. The largest absolute Gasteiger partial charge is 0.479 e. The van der Waals surface area contributed by atoms with Gasteiger partial charge in [0.2, 0.25) is 11.8 Å². The van der Waals surface area contributed by atoms with Gasteiger partial charge in [-0.15, -0.1) is 0 Å². The summed E-state index contributed by atoms with van der Waals surface area (Å²) in [5.41, 5.74) is 1.35. The van der Waals surface area contributed by atoms with Crippen molar-refractivity contribution in [3.63, 3.8) is 0 Å². The van der Waals surface area contributed by atoms with E-state index in [0.29, 0.717) is 11.1 Å². The Kier molecular flexibility index (Phi) is 10.4. The minimum Gasteiger partial charge on any atom is -0.479 e. The van der Waals surface area contributed by atoms with Crippen molar-refractivity contribution in [2.24, 2.45) is 0 Å². The number of aliphatic carboxylic acids is 1. The lowest BCUT2D eigenvalue weighted by atomic mass is 9.99. The van der Waals surface area contributed by atoms with Crippen LogP contribution in [0, 0.1) is 0 Å². The van der Waals surface area contributed by atoms with Crippen LogP contribution in [0.2, 0.25) is 18.1 Å². The Morgan fingerprint density at radius 2 is 1.53 bits per heavy atom. The summed E-state index contributed by atoms with van der Waals surface area (Å²) in [6.07, 6.45) is -1.37. The molecule has 3 unspecified atom stereocenters. The second-order valence-electron chi connectivity index (χ2n) is 12.4. The van der Waals surface area contributed by atoms with E-state index in [0.717, 1.165) is 10.0 Å². The second-order valence-corrected chi connectivity index (χ2v) is 17.1. The predicted molar refractivity (Wildman–Crippen MR) is 165 cm³/mol. The molecule has 2 aromatic rings.